The van der Waals surface area contributed by atoms with E-state index in [0.29, 0.717) is 0 Å². The molecule has 0 spiro atoms. The van der Waals surface area contributed by atoms with Crippen LogP contribution in [0.3, 0.4) is 0 Å². The molecule has 0 saturated carbocycles. The first-order valence-corrected chi connectivity index (χ1v) is 8.06. The third-order valence-corrected chi connectivity index (χ3v) is 4.86. The normalized spacial score (nSPS) is 18.1. The molecule has 0 saturated heterocycles. The van der Waals surface area contributed by atoms with E-state index in [0.717, 1.165) is 0 Å². The molecule has 0 heterocycles. The van der Waals surface area contributed by atoms with E-state index in [1.54, 1.807) is 0 Å². The molecule has 0 radical (unpaired) electrons. The highest BCUT2D eigenvalue weighted by Crippen LogP contribution is 2.56. The van der Waals surface area contributed by atoms with Crippen molar-refractivity contribution >= 4 is 11.1 Å². The van der Waals surface area contributed by atoms with Crippen molar-refractivity contribution < 1.29 is 57.1 Å². The van der Waals surface area contributed by atoms with Crippen molar-refractivity contribution in [3.05, 3.63) is 92.1 Å². The zero-order valence-electron chi connectivity index (χ0n) is 14.5. The van der Waals surface area contributed by atoms with Crippen molar-refractivity contribution in [2.75, 3.05) is 0 Å². The van der Waals surface area contributed by atoms with Gasteiger partial charge in [-0.3, -0.25) is 0 Å². The fourth-order valence-corrected chi connectivity index (χ4v) is 3.51. The smallest absolute Gasteiger partial charge is 0.200 e. The number of allylic oxidation sites excluding steroid dienone is 5. The Morgan fingerprint density at radius 3 is 1.16 bits per heavy atom. The van der Waals surface area contributed by atoms with Crippen molar-refractivity contribution in [1.29, 1.82) is 0 Å². The summed E-state index contributed by atoms with van der Waals surface area (Å²) >= 11 is 0. The molecular formula is C19HF13. The van der Waals surface area contributed by atoms with Crippen molar-refractivity contribution in [2.24, 2.45) is 0 Å². The topological polar surface area (TPSA) is 0 Å². The molecule has 0 amide bonds. The van der Waals surface area contributed by atoms with Crippen LogP contribution in [0.2, 0.25) is 0 Å². The molecule has 0 nitrogen and oxygen atoms in total. The van der Waals surface area contributed by atoms with Crippen molar-refractivity contribution in [3.63, 3.8) is 0 Å². The van der Waals surface area contributed by atoms with Crippen LogP contribution in [-0.2, 0) is 0 Å². The number of benzene rings is 2. The molecule has 2 aromatic rings. The second-order valence-electron chi connectivity index (χ2n) is 6.45. The summed E-state index contributed by atoms with van der Waals surface area (Å²) in [5, 5.41) is 0. The zero-order valence-corrected chi connectivity index (χ0v) is 14.5. The van der Waals surface area contributed by atoms with Gasteiger partial charge in [-0.2, -0.15) is 0 Å². The van der Waals surface area contributed by atoms with E-state index in [4.69, 9.17) is 0 Å². The highest BCUT2D eigenvalue weighted by Gasteiger charge is 2.48. The molecular weight excluding hydrogens is 475 g/mol. The van der Waals surface area contributed by atoms with Crippen LogP contribution < -0.4 is 0 Å². The Hall–Kier alpha value is -3.25. The number of fused-ring (bicyclic) bond motifs is 3. The van der Waals surface area contributed by atoms with Gasteiger partial charge in [0, 0.05) is 27.8 Å². The lowest BCUT2D eigenvalue weighted by Gasteiger charge is -2.19. The molecule has 0 aromatic heterocycles. The van der Waals surface area contributed by atoms with Gasteiger partial charge in [0.05, 0.1) is 5.56 Å². The number of hydrogen-bond acceptors (Lipinski definition) is 0. The van der Waals surface area contributed by atoms with E-state index < -0.39 is 109 Å². The quantitative estimate of drug-likeness (QED) is 0.238. The Morgan fingerprint density at radius 1 is 0.375 bits per heavy atom. The van der Waals surface area contributed by atoms with E-state index >= 15 is 0 Å². The van der Waals surface area contributed by atoms with Crippen LogP contribution in [0.1, 0.15) is 16.7 Å². The molecule has 2 aliphatic rings. The minimum Gasteiger partial charge on any atom is -0.234 e. The van der Waals surface area contributed by atoms with Gasteiger partial charge < -0.3 is 0 Å². The lowest BCUT2D eigenvalue weighted by Crippen LogP contribution is -2.15. The first-order chi connectivity index (χ1) is 14.8. The van der Waals surface area contributed by atoms with E-state index in [1.165, 1.54) is 0 Å². The molecule has 0 aliphatic heterocycles. The highest BCUT2D eigenvalue weighted by molar-refractivity contribution is 6.08. The molecule has 2 aliphatic carbocycles. The summed E-state index contributed by atoms with van der Waals surface area (Å²) in [4.78, 5) is 0. The van der Waals surface area contributed by atoms with E-state index in [1.807, 2.05) is 0 Å². The summed E-state index contributed by atoms with van der Waals surface area (Å²) in [5.41, 5.74) is -11.6. The maximum absolute atomic E-state index is 14.6. The monoisotopic (exact) mass is 476 g/mol. The Kier molecular flexibility index (Phi) is 4.72. The van der Waals surface area contributed by atoms with Gasteiger partial charge >= 0.3 is 0 Å². The molecule has 0 fully saturated rings. The fraction of sp³-hybridized carbons (Fsp3) is 0.0526. The van der Waals surface area contributed by atoms with Gasteiger partial charge in [0.25, 0.3) is 0 Å². The largest absolute Gasteiger partial charge is 0.234 e. The number of halogens is 13. The summed E-state index contributed by atoms with van der Waals surface area (Å²) in [5.74, 6) is -32.0. The van der Waals surface area contributed by atoms with Crippen LogP contribution in [0.4, 0.5) is 57.1 Å². The third kappa shape index (κ3) is 2.47. The molecule has 4 rings (SSSR count). The van der Waals surface area contributed by atoms with E-state index in [-0.39, 0.29) is 0 Å². The van der Waals surface area contributed by atoms with Gasteiger partial charge in [-0.15, -0.1) is 0 Å². The average molecular weight is 476 g/mol. The molecule has 1 unspecified atom stereocenters. The predicted octanol–water partition coefficient (Wildman–Crippen LogP) is 6.94. The minimum atomic E-state index is -3.60. The number of rotatable bonds is 1. The fourth-order valence-electron chi connectivity index (χ4n) is 3.51. The van der Waals surface area contributed by atoms with Gasteiger partial charge in [-0.1, -0.05) is 0 Å². The predicted molar refractivity (Wildman–Crippen MR) is 80.7 cm³/mol. The van der Waals surface area contributed by atoms with Gasteiger partial charge in [-0.05, 0) is 0 Å². The summed E-state index contributed by atoms with van der Waals surface area (Å²) in [7, 11) is 0. The van der Waals surface area contributed by atoms with E-state index in [2.05, 4.69) is 0 Å². The first-order valence-electron chi connectivity index (χ1n) is 8.06. The molecule has 168 valence electrons. The zero-order chi connectivity index (χ0) is 24.0. The Balaban J connectivity index is 2.32. The summed E-state index contributed by atoms with van der Waals surface area (Å²) in [6.07, 6.45) is -3.60. The third-order valence-electron chi connectivity index (χ3n) is 4.86. The molecule has 2 aromatic carbocycles. The van der Waals surface area contributed by atoms with Gasteiger partial charge in [0.15, 0.2) is 70.2 Å². The van der Waals surface area contributed by atoms with Gasteiger partial charge in [0.1, 0.15) is 0 Å². The van der Waals surface area contributed by atoms with Gasteiger partial charge in [0.2, 0.25) is 5.82 Å². The van der Waals surface area contributed by atoms with Crippen LogP contribution in [-0.4, -0.2) is 6.17 Å². The second-order valence-corrected chi connectivity index (χ2v) is 6.45. The molecule has 13 heteroatoms. The van der Waals surface area contributed by atoms with Crippen LogP contribution in [0, 0.1) is 52.4 Å². The van der Waals surface area contributed by atoms with Crippen molar-refractivity contribution in [1.82, 2.24) is 0 Å². The highest BCUT2D eigenvalue weighted by atomic mass is 19.2. The van der Waals surface area contributed by atoms with Gasteiger partial charge in [-0.25, -0.2) is 57.1 Å². The van der Waals surface area contributed by atoms with Crippen LogP contribution in [0.15, 0.2) is 23.1 Å². The summed E-state index contributed by atoms with van der Waals surface area (Å²) in [6.45, 7) is 0. The first kappa shape index (κ1) is 22.0. The molecule has 0 N–H and O–H groups in total. The maximum atomic E-state index is 14.6. The number of alkyl halides is 1. The lowest BCUT2D eigenvalue weighted by atomic mass is 9.90. The molecule has 0 bridgehead atoms. The lowest BCUT2D eigenvalue weighted by molar-refractivity contribution is 0.343. The minimum absolute atomic E-state index is 1.83. The summed E-state index contributed by atoms with van der Waals surface area (Å²) < 4.78 is 183. The molecule has 32 heavy (non-hydrogen) atoms. The van der Waals surface area contributed by atoms with Crippen LogP contribution in [0.5, 0.6) is 0 Å². The molecule has 1 atom stereocenters. The van der Waals surface area contributed by atoms with Crippen LogP contribution >= 0.6 is 0 Å². The maximum Gasteiger partial charge on any atom is 0.200 e. The Bertz CT molecular complexity index is 1320. The standard InChI is InChI=1S/C19HF13/c20-7-2-1(6-11(24)17(30)19(32)18(31)12(6)25)3-5(4(2)9(22)15(28)13(7)26)10(23)16(29)14(27)8(3)21/h7H. The van der Waals surface area contributed by atoms with E-state index in [9.17, 15) is 57.1 Å². The Morgan fingerprint density at radius 2 is 0.719 bits per heavy atom. The SMILES string of the molecule is FC1=C2C(=C(c3c(F)c(F)c(F)c(F)c3F)c3c(F)c(F)c(F)c(F)c32)C(F)C(F)=C1F. The van der Waals surface area contributed by atoms with Crippen molar-refractivity contribution in [2.45, 2.75) is 6.17 Å². The Labute approximate surface area is 167 Å². The van der Waals surface area contributed by atoms with Crippen LogP contribution in [0.25, 0.3) is 11.1 Å². The summed E-state index contributed by atoms with van der Waals surface area (Å²) in [6, 6.07) is 0. The number of hydrogen-bond donors (Lipinski definition) is 0. The second kappa shape index (κ2) is 6.87. The van der Waals surface area contributed by atoms with Crippen molar-refractivity contribution in [3.8, 4) is 0 Å². The average Bonchev–Trinajstić information content (AvgIpc) is 3.12.